The van der Waals surface area contributed by atoms with E-state index in [-0.39, 0.29) is 0 Å². The molecule has 3 aromatic rings. The van der Waals surface area contributed by atoms with Crippen LogP contribution in [0.3, 0.4) is 0 Å². The summed E-state index contributed by atoms with van der Waals surface area (Å²) in [6.45, 7) is 3.87. The second-order valence-corrected chi connectivity index (χ2v) is 4.94. The first-order valence-electron chi connectivity index (χ1n) is 6.58. The molecule has 0 aromatic carbocycles. The molecule has 3 heterocycles. The van der Waals surface area contributed by atoms with Crippen LogP contribution in [0, 0.1) is 5.92 Å². The zero-order chi connectivity index (χ0) is 13.9. The molecule has 0 aliphatic rings. The number of aryl methyl sites for hydroxylation is 1. The highest BCUT2D eigenvalue weighted by atomic mass is 15.3. The molecule has 3 rings (SSSR count). The molecule has 0 radical (unpaired) electrons. The molecule has 7 heteroatoms. The predicted octanol–water partition coefficient (Wildman–Crippen LogP) is 1.31. The highest BCUT2D eigenvalue weighted by Crippen LogP contribution is 2.18. The largest absolute Gasteiger partial charge is 0.369 e. The van der Waals surface area contributed by atoms with Gasteiger partial charge in [-0.15, -0.1) is 0 Å². The van der Waals surface area contributed by atoms with E-state index in [9.17, 15) is 0 Å². The number of aromatic nitrogens is 6. The standard InChI is InChI=1S/C13H17N7/c1-10(8-20-5-3-4-17-20)6-14-12-11-7-18-19(2)13(11)16-9-15-12/h3-5,7,9-10H,6,8H2,1-2H3,(H,14,15,16)/t10-/m0/s1. The van der Waals surface area contributed by atoms with Crippen LogP contribution < -0.4 is 5.32 Å². The maximum absolute atomic E-state index is 4.29. The number of nitrogens with zero attached hydrogens (tertiary/aromatic N) is 6. The van der Waals surface area contributed by atoms with Gasteiger partial charge in [0.05, 0.1) is 11.6 Å². The van der Waals surface area contributed by atoms with Crippen LogP contribution in [0.5, 0.6) is 0 Å². The molecule has 0 fully saturated rings. The summed E-state index contributed by atoms with van der Waals surface area (Å²) in [5, 5.41) is 12.7. The monoisotopic (exact) mass is 271 g/mol. The third kappa shape index (κ3) is 2.47. The number of fused-ring (bicyclic) bond motifs is 1. The van der Waals surface area contributed by atoms with Crippen molar-refractivity contribution in [2.24, 2.45) is 13.0 Å². The van der Waals surface area contributed by atoms with E-state index in [1.807, 2.05) is 24.0 Å². The van der Waals surface area contributed by atoms with Crippen LogP contribution in [0.4, 0.5) is 5.82 Å². The van der Waals surface area contributed by atoms with Gasteiger partial charge in [-0.1, -0.05) is 6.92 Å². The molecule has 0 bridgehead atoms. The first kappa shape index (κ1) is 12.6. The molecule has 3 aromatic heterocycles. The fourth-order valence-corrected chi connectivity index (χ4v) is 2.17. The van der Waals surface area contributed by atoms with E-state index in [4.69, 9.17) is 0 Å². The minimum Gasteiger partial charge on any atom is -0.369 e. The molecular weight excluding hydrogens is 254 g/mol. The molecule has 1 N–H and O–H groups in total. The number of rotatable bonds is 5. The summed E-state index contributed by atoms with van der Waals surface area (Å²) in [5.41, 5.74) is 0.835. The van der Waals surface area contributed by atoms with Gasteiger partial charge in [-0.2, -0.15) is 10.2 Å². The molecule has 0 amide bonds. The first-order valence-corrected chi connectivity index (χ1v) is 6.58. The summed E-state index contributed by atoms with van der Waals surface area (Å²) in [6, 6.07) is 1.93. The lowest BCUT2D eigenvalue weighted by molar-refractivity contribution is 0.467. The van der Waals surface area contributed by atoms with Crippen LogP contribution in [-0.4, -0.2) is 36.1 Å². The maximum atomic E-state index is 4.29. The van der Waals surface area contributed by atoms with Gasteiger partial charge >= 0.3 is 0 Å². The average Bonchev–Trinajstić information content (AvgIpc) is 3.07. The quantitative estimate of drug-likeness (QED) is 0.757. The van der Waals surface area contributed by atoms with Crippen LogP contribution in [0.1, 0.15) is 6.92 Å². The highest BCUT2D eigenvalue weighted by molar-refractivity contribution is 5.85. The predicted molar refractivity (Wildman–Crippen MR) is 76.2 cm³/mol. The molecule has 0 saturated carbocycles. The third-order valence-electron chi connectivity index (χ3n) is 3.21. The molecule has 1 atom stereocenters. The Morgan fingerprint density at radius 3 is 3.00 bits per heavy atom. The van der Waals surface area contributed by atoms with Gasteiger partial charge in [-0.25, -0.2) is 9.97 Å². The minimum atomic E-state index is 0.441. The Hall–Kier alpha value is -2.44. The maximum Gasteiger partial charge on any atom is 0.163 e. The van der Waals surface area contributed by atoms with Crippen LogP contribution in [0.15, 0.2) is 31.0 Å². The van der Waals surface area contributed by atoms with E-state index in [0.29, 0.717) is 5.92 Å². The van der Waals surface area contributed by atoms with Crippen LogP contribution in [0.2, 0.25) is 0 Å². The third-order valence-corrected chi connectivity index (χ3v) is 3.21. The van der Waals surface area contributed by atoms with Crippen LogP contribution >= 0.6 is 0 Å². The number of hydrogen-bond donors (Lipinski definition) is 1. The zero-order valence-corrected chi connectivity index (χ0v) is 11.6. The number of nitrogens with one attached hydrogen (secondary N) is 1. The second kappa shape index (κ2) is 5.28. The van der Waals surface area contributed by atoms with E-state index >= 15 is 0 Å². The molecule has 0 aliphatic carbocycles. The average molecular weight is 271 g/mol. The topological polar surface area (TPSA) is 73.5 Å². The van der Waals surface area contributed by atoms with Crippen molar-refractivity contribution in [2.75, 3.05) is 11.9 Å². The lowest BCUT2D eigenvalue weighted by Gasteiger charge is -2.13. The molecule has 0 unspecified atom stereocenters. The number of hydrogen-bond acceptors (Lipinski definition) is 5. The fraction of sp³-hybridized carbons (Fsp3) is 0.385. The second-order valence-electron chi connectivity index (χ2n) is 4.94. The van der Waals surface area contributed by atoms with Crippen molar-refractivity contribution in [3.05, 3.63) is 31.0 Å². The normalized spacial score (nSPS) is 12.7. The van der Waals surface area contributed by atoms with Crippen molar-refractivity contribution in [1.82, 2.24) is 29.5 Å². The summed E-state index contributed by atoms with van der Waals surface area (Å²) in [4.78, 5) is 8.52. The van der Waals surface area contributed by atoms with Crippen LogP contribution in [-0.2, 0) is 13.6 Å². The summed E-state index contributed by atoms with van der Waals surface area (Å²) >= 11 is 0. The Labute approximate surface area is 116 Å². The van der Waals surface area contributed by atoms with Gasteiger partial charge in [-0.3, -0.25) is 9.36 Å². The van der Waals surface area contributed by atoms with Crippen LogP contribution in [0.25, 0.3) is 11.0 Å². The van der Waals surface area contributed by atoms with Gasteiger partial charge < -0.3 is 5.32 Å². The van der Waals surface area contributed by atoms with Gasteiger partial charge in [-0.05, 0) is 12.0 Å². The molecule has 20 heavy (non-hydrogen) atoms. The summed E-state index contributed by atoms with van der Waals surface area (Å²) in [6.07, 6.45) is 7.12. The Morgan fingerprint density at radius 1 is 1.30 bits per heavy atom. The zero-order valence-electron chi connectivity index (χ0n) is 11.6. The van der Waals surface area contributed by atoms with E-state index < -0.39 is 0 Å². The lowest BCUT2D eigenvalue weighted by atomic mass is 10.2. The van der Waals surface area contributed by atoms with Crippen molar-refractivity contribution in [3.63, 3.8) is 0 Å². The SMILES string of the molecule is C[C@@H](CNc1ncnc2c1cnn2C)Cn1cccn1. The lowest BCUT2D eigenvalue weighted by Crippen LogP contribution is -2.18. The van der Waals surface area contributed by atoms with Gasteiger partial charge in [0, 0.05) is 32.5 Å². The Balaban J connectivity index is 1.67. The van der Waals surface area contributed by atoms with Crippen molar-refractivity contribution in [3.8, 4) is 0 Å². The van der Waals surface area contributed by atoms with E-state index in [0.717, 1.165) is 29.9 Å². The molecule has 0 aliphatic heterocycles. The molecule has 0 saturated heterocycles. The van der Waals surface area contributed by atoms with Crippen molar-refractivity contribution < 1.29 is 0 Å². The fourth-order valence-electron chi connectivity index (χ4n) is 2.17. The number of anilines is 1. The molecule has 104 valence electrons. The summed E-state index contributed by atoms with van der Waals surface area (Å²) in [7, 11) is 1.87. The molecule has 7 nitrogen and oxygen atoms in total. The molecular formula is C13H17N7. The summed E-state index contributed by atoms with van der Waals surface area (Å²) < 4.78 is 3.68. The molecule has 0 spiro atoms. The Bertz CT molecular complexity index is 686. The smallest absolute Gasteiger partial charge is 0.163 e. The van der Waals surface area contributed by atoms with Crippen molar-refractivity contribution >= 4 is 16.9 Å². The van der Waals surface area contributed by atoms with Gasteiger partial charge in [0.25, 0.3) is 0 Å². The van der Waals surface area contributed by atoms with Crippen molar-refractivity contribution in [2.45, 2.75) is 13.5 Å². The Morgan fingerprint density at radius 2 is 2.20 bits per heavy atom. The Kier molecular flexibility index (Phi) is 3.32. The van der Waals surface area contributed by atoms with E-state index in [1.54, 1.807) is 23.4 Å². The van der Waals surface area contributed by atoms with Gasteiger partial charge in [0.15, 0.2) is 5.65 Å². The minimum absolute atomic E-state index is 0.441. The van der Waals surface area contributed by atoms with E-state index in [1.165, 1.54) is 0 Å². The summed E-state index contributed by atoms with van der Waals surface area (Å²) in [5.74, 6) is 1.27. The highest BCUT2D eigenvalue weighted by Gasteiger charge is 2.09. The van der Waals surface area contributed by atoms with Gasteiger partial charge in [0.2, 0.25) is 0 Å². The van der Waals surface area contributed by atoms with Gasteiger partial charge in [0.1, 0.15) is 12.1 Å². The first-order chi connectivity index (χ1) is 9.74. The van der Waals surface area contributed by atoms with Crippen molar-refractivity contribution in [1.29, 1.82) is 0 Å². The van der Waals surface area contributed by atoms with E-state index in [2.05, 4.69) is 32.4 Å².